The quantitative estimate of drug-likeness (QED) is 0.644. The van der Waals surface area contributed by atoms with Crippen LogP contribution in [0.3, 0.4) is 0 Å². The number of carbonyl (C=O) groups is 1. The Morgan fingerprint density at radius 3 is 2.60 bits per heavy atom. The van der Waals surface area contributed by atoms with E-state index >= 15 is 0 Å². The monoisotopic (exact) mass is 476 g/mol. The van der Waals surface area contributed by atoms with Crippen LogP contribution >= 0.6 is 0 Å². The molecule has 2 aliphatic rings. The van der Waals surface area contributed by atoms with Gasteiger partial charge >= 0.3 is 0 Å². The normalized spacial score (nSPS) is 17.8. The predicted molar refractivity (Wildman–Crippen MR) is 143 cm³/mol. The van der Waals surface area contributed by atoms with Crippen molar-refractivity contribution >= 4 is 11.6 Å². The fourth-order valence-electron chi connectivity index (χ4n) is 5.63. The number of anilines is 1. The van der Waals surface area contributed by atoms with E-state index in [1.54, 1.807) is 0 Å². The van der Waals surface area contributed by atoms with E-state index in [-0.39, 0.29) is 18.0 Å². The van der Waals surface area contributed by atoms with Crippen LogP contribution in [0.4, 0.5) is 5.69 Å². The molecule has 35 heavy (non-hydrogen) atoms. The van der Waals surface area contributed by atoms with Gasteiger partial charge in [0, 0.05) is 60.8 Å². The van der Waals surface area contributed by atoms with Gasteiger partial charge in [-0.05, 0) is 89.1 Å². The zero-order valence-electron chi connectivity index (χ0n) is 21.7. The molecule has 0 unspecified atom stereocenters. The third-order valence-electron chi connectivity index (χ3n) is 7.57. The van der Waals surface area contributed by atoms with Crippen LogP contribution in [0.1, 0.15) is 72.8 Å². The molecule has 1 aromatic heterocycles. The molecular formula is C29H40N4O2. The molecule has 0 aliphatic carbocycles. The first-order valence-corrected chi connectivity index (χ1v) is 13.2. The van der Waals surface area contributed by atoms with Crippen LogP contribution in [0.5, 0.6) is 0 Å². The molecule has 4 rings (SSSR count). The minimum absolute atomic E-state index is 0.111. The van der Waals surface area contributed by atoms with Crippen LogP contribution in [0.2, 0.25) is 0 Å². The minimum Gasteiger partial charge on any atom is -0.368 e. The molecule has 2 aromatic rings. The van der Waals surface area contributed by atoms with E-state index in [0.29, 0.717) is 23.2 Å². The standard InChI is InChI=1S/C29H40N4O2/c1-5-33(23-14-16-32(17-15-23)20(2)3)27-13-9-12-25-24(27)11-8-6-7-10-22-18-21(4)31-29(35)26(22)19-30-28(25)34/h6,8-9,12-13,18,20,23H,5,7,10-11,14-17,19H2,1-4H3,(H,30,34)(H,31,35). The maximum absolute atomic E-state index is 13.4. The maximum Gasteiger partial charge on any atom is 0.253 e. The highest BCUT2D eigenvalue weighted by atomic mass is 16.1. The summed E-state index contributed by atoms with van der Waals surface area (Å²) in [6.07, 6.45) is 9.03. The number of piperidine rings is 1. The van der Waals surface area contributed by atoms with E-state index < -0.39 is 0 Å². The van der Waals surface area contributed by atoms with Gasteiger partial charge in [0.15, 0.2) is 0 Å². The fraction of sp³-hybridized carbons (Fsp3) is 0.517. The zero-order chi connectivity index (χ0) is 24.9. The van der Waals surface area contributed by atoms with Gasteiger partial charge in [0.1, 0.15) is 0 Å². The van der Waals surface area contributed by atoms with Gasteiger partial charge in [-0.3, -0.25) is 9.59 Å². The van der Waals surface area contributed by atoms with E-state index in [0.717, 1.165) is 68.6 Å². The third kappa shape index (κ3) is 5.69. The van der Waals surface area contributed by atoms with E-state index in [2.05, 4.69) is 59.1 Å². The van der Waals surface area contributed by atoms with Crippen molar-refractivity contribution in [2.75, 3.05) is 24.5 Å². The summed E-state index contributed by atoms with van der Waals surface area (Å²) in [4.78, 5) is 34.0. The number of aryl methyl sites for hydroxylation is 2. The predicted octanol–water partition coefficient (Wildman–Crippen LogP) is 4.36. The SMILES string of the molecule is CCN(c1cccc2c1CC=CCCc1cc(C)[nH]c(=O)c1CNC2=O)C1CCN(C(C)C)CC1. The average molecular weight is 477 g/mol. The highest BCUT2D eigenvalue weighted by Gasteiger charge is 2.27. The van der Waals surface area contributed by atoms with Crippen molar-refractivity contribution in [3.8, 4) is 0 Å². The fourth-order valence-corrected chi connectivity index (χ4v) is 5.63. The van der Waals surface area contributed by atoms with Crippen LogP contribution < -0.4 is 15.8 Å². The lowest BCUT2D eigenvalue weighted by molar-refractivity contribution is 0.0950. The molecule has 2 N–H and O–H groups in total. The Morgan fingerprint density at radius 1 is 1.11 bits per heavy atom. The van der Waals surface area contributed by atoms with Crippen LogP contribution in [0.15, 0.2) is 41.2 Å². The Hall–Kier alpha value is -2.86. The summed E-state index contributed by atoms with van der Waals surface area (Å²) in [5.41, 5.74) is 5.35. The van der Waals surface area contributed by atoms with Crippen molar-refractivity contribution in [1.29, 1.82) is 0 Å². The second kappa shape index (κ2) is 11.3. The Labute approximate surface area is 209 Å². The Kier molecular flexibility index (Phi) is 8.11. The number of fused-ring (bicyclic) bond motifs is 2. The van der Waals surface area contributed by atoms with Gasteiger partial charge in [-0.25, -0.2) is 0 Å². The summed E-state index contributed by atoms with van der Waals surface area (Å²) in [6.45, 7) is 12.0. The molecule has 0 spiro atoms. The van der Waals surface area contributed by atoms with Gasteiger partial charge in [0.05, 0.1) is 0 Å². The van der Waals surface area contributed by atoms with Crippen LogP contribution in [0, 0.1) is 6.92 Å². The second-order valence-corrected chi connectivity index (χ2v) is 10.1. The van der Waals surface area contributed by atoms with E-state index in [1.807, 2.05) is 25.1 Å². The van der Waals surface area contributed by atoms with Gasteiger partial charge in [0.25, 0.3) is 11.5 Å². The van der Waals surface area contributed by atoms with Crippen LogP contribution in [-0.2, 0) is 19.4 Å². The first-order valence-electron chi connectivity index (χ1n) is 13.2. The van der Waals surface area contributed by atoms with Crippen molar-refractivity contribution < 1.29 is 4.79 Å². The summed E-state index contributed by atoms with van der Waals surface area (Å²) in [5, 5.41) is 3.05. The molecule has 1 fully saturated rings. The molecule has 0 saturated carbocycles. The highest BCUT2D eigenvalue weighted by Crippen LogP contribution is 2.30. The molecule has 0 atom stereocenters. The number of amides is 1. The topological polar surface area (TPSA) is 68.4 Å². The average Bonchev–Trinajstić information content (AvgIpc) is 2.83. The number of nitrogens with one attached hydrogen (secondary N) is 2. The van der Waals surface area contributed by atoms with E-state index in [4.69, 9.17) is 0 Å². The number of nitrogens with zero attached hydrogens (tertiary/aromatic N) is 2. The Bertz CT molecular complexity index is 1130. The number of H-pyrrole nitrogens is 1. The smallest absolute Gasteiger partial charge is 0.253 e. The minimum atomic E-state index is -0.118. The number of hydrogen-bond donors (Lipinski definition) is 2. The Morgan fingerprint density at radius 2 is 1.89 bits per heavy atom. The number of allylic oxidation sites excluding steroid dienone is 2. The van der Waals surface area contributed by atoms with Crippen molar-refractivity contribution in [1.82, 2.24) is 15.2 Å². The zero-order valence-corrected chi connectivity index (χ0v) is 21.7. The lowest BCUT2D eigenvalue weighted by Gasteiger charge is -2.41. The molecule has 0 bridgehead atoms. The number of rotatable bonds is 4. The van der Waals surface area contributed by atoms with Gasteiger partial charge in [-0.2, -0.15) is 0 Å². The van der Waals surface area contributed by atoms with Gasteiger partial charge < -0.3 is 20.1 Å². The molecule has 188 valence electrons. The van der Waals surface area contributed by atoms with Crippen LogP contribution in [-0.4, -0.2) is 47.5 Å². The molecule has 1 aromatic carbocycles. The molecule has 3 heterocycles. The van der Waals surface area contributed by atoms with Gasteiger partial charge in [-0.15, -0.1) is 0 Å². The van der Waals surface area contributed by atoms with Crippen molar-refractivity contribution in [2.45, 2.75) is 78.4 Å². The summed E-state index contributed by atoms with van der Waals surface area (Å²) >= 11 is 0. The summed E-state index contributed by atoms with van der Waals surface area (Å²) in [6, 6.07) is 9.18. The molecule has 1 saturated heterocycles. The maximum atomic E-state index is 13.4. The largest absolute Gasteiger partial charge is 0.368 e. The first-order chi connectivity index (χ1) is 16.9. The molecule has 1 amide bonds. The van der Waals surface area contributed by atoms with Crippen LogP contribution in [0.25, 0.3) is 0 Å². The Balaban J connectivity index is 1.64. The number of aromatic nitrogens is 1. The number of pyridine rings is 1. The number of aromatic amines is 1. The third-order valence-corrected chi connectivity index (χ3v) is 7.57. The number of carbonyl (C=O) groups excluding carboxylic acids is 1. The molecular weight excluding hydrogens is 436 g/mol. The van der Waals surface area contributed by atoms with Crippen molar-refractivity contribution in [3.63, 3.8) is 0 Å². The molecule has 2 aliphatic heterocycles. The number of likely N-dealkylation sites (tertiary alicyclic amines) is 1. The van der Waals surface area contributed by atoms with E-state index in [9.17, 15) is 9.59 Å². The number of benzene rings is 1. The highest BCUT2D eigenvalue weighted by molar-refractivity contribution is 5.97. The summed E-state index contributed by atoms with van der Waals surface area (Å²) in [5.74, 6) is -0.118. The number of hydrogen-bond acceptors (Lipinski definition) is 4. The summed E-state index contributed by atoms with van der Waals surface area (Å²) < 4.78 is 0. The molecule has 6 heteroatoms. The molecule has 0 radical (unpaired) electrons. The van der Waals surface area contributed by atoms with Gasteiger partial charge in [-0.1, -0.05) is 18.2 Å². The lowest BCUT2D eigenvalue weighted by Crippen LogP contribution is -2.47. The van der Waals surface area contributed by atoms with Crippen molar-refractivity contribution in [2.24, 2.45) is 0 Å². The van der Waals surface area contributed by atoms with E-state index in [1.165, 1.54) is 5.69 Å². The first kappa shape index (κ1) is 25.2. The van der Waals surface area contributed by atoms with Gasteiger partial charge in [0.2, 0.25) is 0 Å². The second-order valence-electron chi connectivity index (χ2n) is 10.1. The lowest BCUT2D eigenvalue weighted by atomic mass is 9.95. The summed E-state index contributed by atoms with van der Waals surface area (Å²) in [7, 11) is 0. The molecule has 6 nitrogen and oxygen atoms in total. The van der Waals surface area contributed by atoms with Crippen molar-refractivity contribution in [3.05, 3.63) is 74.7 Å².